The molecule has 1 fully saturated rings. The molecule has 1 amide bonds. The van der Waals surface area contributed by atoms with Crippen molar-refractivity contribution in [3.63, 3.8) is 0 Å². The molecular weight excluding hydrogens is 431 g/mol. The van der Waals surface area contributed by atoms with Crippen LogP contribution in [0.4, 0.5) is 27.8 Å². The molecule has 32 heavy (non-hydrogen) atoms. The van der Waals surface area contributed by atoms with Crippen molar-refractivity contribution in [3.05, 3.63) is 77.4 Å². The Kier molecular flexibility index (Phi) is 5.77. The third-order valence-corrected chi connectivity index (χ3v) is 5.22. The van der Waals surface area contributed by atoms with Crippen LogP contribution in [0, 0.1) is 11.6 Å². The highest BCUT2D eigenvalue weighted by Crippen LogP contribution is 2.32. The lowest BCUT2D eigenvalue weighted by Crippen LogP contribution is -2.49. The van der Waals surface area contributed by atoms with Crippen molar-refractivity contribution in [1.82, 2.24) is 15.1 Å². The van der Waals surface area contributed by atoms with Gasteiger partial charge in [0.05, 0.1) is 16.8 Å². The van der Waals surface area contributed by atoms with Gasteiger partial charge in [-0.05, 0) is 42.5 Å². The Bertz CT molecular complexity index is 1130. The number of aromatic nitrogens is 2. The maximum atomic E-state index is 13.4. The van der Waals surface area contributed by atoms with Gasteiger partial charge in [0.1, 0.15) is 0 Å². The van der Waals surface area contributed by atoms with E-state index in [1.54, 1.807) is 12.1 Å². The molecule has 2 aromatic carbocycles. The number of benzene rings is 2. The summed E-state index contributed by atoms with van der Waals surface area (Å²) in [5, 5.41) is 8.16. The fourth-order valence-electron chi connectivity index (χ4n) is 3.53. The predicted octanol–water partition coefficient (Wildman–Crippen LogP) is 4.40. The number of amides is 1. The maximum Gasteiger partial charge on any atom is 0.417 e. The number of piperazine rings is 1. The molecule has 1 aromatic heterocycles. The zero-order valence-corrected chi connectivity index (χ0v) is 16.6. The Morgan fingerprint density at radius 2 is 1.56 bits per heavy atom. The molecule has 5 nitrogen and oxygen atoms in total. The van der Waals surface area contributed by atoms with Gasteiger partial charge >= 0.3 is 6.18 Å². The van der Waals surface area contributed by atoms with Crippen LogP contribution in [0.1, 0.15) is 15.9 Å². The van der Waals surface area contributed by atoms with E-state index in [9.17, 15) is 26.7 Å². The number of halogens is 5. The minimum absolute atomic E-state index is 0.220. The molecule has 1 aliphatic heterocycles. The number of alkyl halides is 3. The summed E-state index contributed by atoms with van der Waals surface area (Å²) in [6, 6.07) is 11.4. The molecule has 4 rings (SSSR count). The number of nitrogens with zero attached hydrogens (tertiary/aromatic N) is 4. The molecule has 166 valence electrons. The molecule has 0 saturated carbocycles. The first-order chi connectivity index (χ1) is 15.2. The fourth-order valence-corrected chi connectivity index (χ4v) is 3.53. The van der Waals surface area contributed by atoms with Crippen LogP contribution in [-0.4, -0.2) is 47.2 Å². The van der Waals surface area contributed by atoms with Crippen molar-refractivity contribution in [2.45, 2.75) is 6.18 Å². The smallest absolute Gasteiger partial charge is 0.352 e. The summed E-state index contributed by atoms with van der Waals surface area (Å²) in [5.74, 6) is -2.10. The topological polar surface area (TPSA) is 49.3 Å². The lowest BCUT2D eigenvalue weighted by Gasteiger charge is -2.35. The van der Waals surface area contributed by atoms with E-state index in [-0.39, 0.29) is 18.7 Å². The summed E-state index contributed by atoms with van der Waals surface area (Å²) in [6.45, 7) is 1.16. The third kappa shape index (κ3) is 4.39. The summed E-state index contributed by atoms with van der Waals surface area (Å²) in [7, 11) is 0. The van der Waals surface area contributed by atoms with Gasteiger partial charge in [0.2, 0.25) is 0 Å². The molecule has 2 heterocycles. The van der Waals surface area contributed by atoms with E-state index in [2.05, 4.69) is 10.2 Å². The van der Waals surface area contributed by atoms with E-state index >= 15 is 0 Å². The van der Waals surface area contributed by atoms with Crippen LogP contribution < -0.4 is 4.90 Å². The molecule has 0 aliphatic carbocycles. The number of carbonyl (C=O) groups is 1. The SMILES string of the molecule is O=C(c1ccccc1C(F)(F)F)N1CCN(c2ccc(-c3ccc(F)c(F)c3)nn2)CC1. The van der Waals surface area contributed by atoms with E-state index in [0.717, 1.165) is 18.2 Å². The van der Waals surface area contributed by atoms with Gasteiger partial charge in [0.15, 0.2) is 17.5 Å². The van der Waals surface area contributed by atoms with Gasteiger partial charge < -0.3 is 9.80 Å². The lowest BCUT2D eigenvalue weighted by atomic mass is 10.1. The molecule has 1 saturated heterocycles. The first-order valence-electron chi connectivity index (χ1n) is 9.73. The van der Waals surface area contributed by atoms with Gasteiger partial charge in [0.25, 0.3) is 5.91 Å². The van der Waals surface area contributed by atoms with Crippen LogP contribution in [0.3, 0.4) is 0 Å². The summed E-state index contributed by atoms with van der Waals surface area (Å²) >= 11 is 0. The lowest BCUT2D eigenvalue weighted by molar-refractivity contribution is -0.138. The van der Waals surface area contributed by atoms with Crippen molar-refractivity contribution in [2.75, 3.05) is 31.1 Å². The van der Waals surface area contributed by atoms with E-state index in [4.69, 9.17) is 0 Å². The first-order valence-corrected chi connectivity index (χ1v) is 9.73. The zero-order chi connectivity index (χ0) is 22.9. The average molecular weight is 448 g/mol. The highest BCUT2D eigenvalue weighted by Gasteiger charge is 2.36. The molecule has 0 N–H and O–H groups in total. The van der Waals surface area contributed by atoms with Crippen LogP contribution in [-0.2, 0) is 6.18 Å². The van der Waals surface area contributed by atoms with Crippen LogP contribution >= 0.6 is 0 Å². The Balaban J connectivity index is 1.43. The predicted molar refractivity (Wildman–Crippen MR) is 107 cm³/mol. The average Bonchev–Trinajstić information content (AvgIpc) is 2.80. The van der Waals surface area contributed by atoms with Gasteiger partial charge in [0, 0.05) is 31.7 Å². The molecule has 0 radical (unpaired) electrons. The van der Waals surface area contributed by atoms with Crippen molar-refractivity contribution in [3.8, 4) is 11.3 Å². The molecule has 3 aromatic rings. The Morgan fingerprint density at radius 1 is 0.844 bits per heavy atom. The van der Waals surface area contributed by atoms with Crippen LogP contribution in [0.15, 0.2) is 54.6 Å². The molecular formula is C22H17F5N4O. The number of hydrogen-bond donors (Lipinski definition) is 0. The quantitative estimate of drug-likeness (QED) is 0.558. The number of anilines is 1. The second-order valence-electron chi connectivity index (χ2n) is 7.23. The van der Waals surface area contributed by atoms with Crippen LogP contribution in [0.5, 0.6) is 0 Å². The van der Waals surface area contributed by atoms with Gasteiger partial charge in [-0.1, -0.05) is 12.1 Å². The second-order valence-corrected chi connectivity index (χ2v) is 7.23. The Labute approximate surface area is 180 Å². The normalized spacial score (nSPS) is 14.5. The standard InChI is InChI=1S/C22H17F5N4O/c23-17-6-5-14(13-18(17)24)19-7-8-20(29-28-19)30-9-11-31(12-10-30)21(32)15-3-1-2-4-16(15)22(25,26)27/h1-8,13H,9-12H2. The summed E-state index contributed by atoms with van der Waals surface area (Å²) < 4.78 is 66.2. The van der Waals surface area contributed by atoms with Gasteiger partial charge in [-0.15, -0.1) is 10.2 Å². The first kappa shape index (κ1) is 21.7. The number of rotatable bonds is 3. The Morgan fingerprint density at radius 3 is 2.19 bits per heavy atom. The summed E-state index contributed by atoms with van der Waals surface area (Å²) in [5.41, 5.74) is -0.581. The zero-order valence-electron chi connectivity index (χ0n) is 16.6. The van der Waals surface area contributed by atoms with E-state index in [1.165, 1.54) is 29.2 Å². The summed E-state index contributed by atoms with van der Waals surface area (Å²) in [4.78, 5) is 15.9. The highest BCUT2D eigenvalue weighted by atomic mass is 19.4. The van der Waals surface area contributed by atoms with Crippen LogP contribution in [0.25, 0.3) is 11.3 Å². The minimum atomic E-state index is -4.61. The molecule has 1 aliphatic rings. The Hall–Kier alpha value is -3.56. The maximum absolute atomic E-state index is 13.4. The van der Waals surface area contributed by atoms with E-state index < -0.39 is 29.3 Å². The monoisotopic (exact) mass is 448 g/mol. The van der Waals surface area contributed by atoms with Crippen molar-refractivity contribution in [2.24, 2.45) is 0 Å². The van der Waals surface area contributed by atoms with Crippen molar-refractivity contribution in [1.29, 1.82) is 0 Å². The molecule has 0 atom stereocenters. The van der Waals surface area contributed by atoms with E-state index in [1.807, 2.05) is 4.90 Å². The molecule has 10 heteroatoms. The number of carbonyl (C=O) groups excluding carboxylic acids is 1. The minimum Gasteiger partial charge on any atom is -0.352 e. The van der Waals surface area contributed by atoms with Gasteiger partial charge in [-0.2, -0.15) is 13.2 Å². The largest absolute Gasteiger partial charge is 0.417 e. The van der Waals surface area contributed by atoms with Crippen molar-refractivity contribution < 1.29 is 26.7 Å². The van der Waals surface area contributed by atoms with Crippen LogP contribution in [0.2, 0.25) is 0 Å². The fraction of sp³-hybridized carbons (Fsp3) is 0.227. The van der Waals surface area contributed by atoms with Gasteiger partial charge in [-0.25, -0.2) is 8.78 Å². The second kappa shape index (κ2) is 8.52. The van der Waals surface area contributed by atoms with E-state index in [0.29, 0.717) is 30.2 Å². The highest BCUT2D eigenvalue weighted by molar-refractivity contribution is 5.96. The third-order valence-electron chi connectivity index (χ3n) is 5.22. The van der Waals surface area contributed by atoms with Crippen molar-refractivity contribution >= 4 is 11.7 Å². The molecule has 0 unspecified atom stereocenters. The van der Waals surface area contributed by atoms with Gasteiger partial charge in [-0.3, -0.25) is 4.79 Å². The summed E-state index contributed by atoms with van der Waals surface area (Å²) in [6.07, 6.45) is -4.61. The number of hydrogen-bond acceptors (Lipinski definition) is 4. The molecule has 0 spiro atoms. The molecule has 0 bridgehead atoms.